The lowest BCUT2D eigenvalue weighted by Crippen LogP contribution is -2.13. The Labute approximate surface area is 225 Å². The van der Waals surface area contributed by atoms with Crippen LogP contribution in [0.5, 0.6) is 17.2 Å². The molecule has 0 saturated carbocycles. The molecule has 0 aliphatic heterocycles. The lowest BCUT2D eigenvalue weighted by molar-refractivity contribution is 0.104. The fourth-order valence-electron chi connectivity index (χ4n) is 4.15. The summed E-state index contributed by atoms with van der Waals surface area (Å²) in [6.45, 7) is 12.8. The van der Waals surface area contributed by atoms with Crippen LogP contribution < -0.4 is 14.2 Å². The van der Waals surface area contributed by atoms with Crippen molar-refractivity contribution >= 4 is 11.9 Å². The molecule has 0 amide bonds. The van der Waals surface area contributed by atoms with Gasteiger partial charge in [0, 0.05) is 11.1 Å². The Hall–Kier alpha value is -2.75. The van der Waals surface area contributed by atoms with Gasteiger partial charge in [-0.25, -0.2) is 0 Å². The largest absolute Gasteiger partial charge is 0.491 e. The molecule has 2 aromatic carbocycles. The van der Waals surface area contributed by atoms with E-state index in [1.54, 1.807) is 6.08 Å². The van der Waals surface area contributed by atoms with E-state index in [2.05, 4.69) is 41.5 Å². The first-order valence-electron chi connectivity index (χ1n) is 14.3. The minimum Gasteiger partial charge on any atom is -0.491 e. The van der Waals surface area contributed by atoms with E-state index in [-0.39, 0.29) is 24.1 Å². The van der Waals surface area contributed by atoms with Crippen LogP contribution in [0.15, 0.2) is 48.5 Å². The number of carbonyl (C=O) groups is 1. The molecule has 4 nitrogen and oxygen atoms in total. The number of carbonyl (C=O) groups excluding carboxylic acids is 1. The first kappa shape index (κ1) is 30.5. The lowest BCUT2D eigenvalue weighted by Gasteiger charge is -2.19. The molecule has 0 aliphatic rings. The third kappa shape index (κ3) is 11.5. The highest BCUT2D eigenvalue weighted by Crippen LogP contribution is 2.29. The second kappa shape index (κ2) is 16.9. The van der Waals surface area contributed by atoms with E-state index in [4.69, 9.17) is 14.2 Å². The minimum atomic E-state index is -0.0701. The minimum absolute atomic E-state index is 0.0701. The molecule has 2 rings (SSSR count). The third-order valence-corrected chi connectivity index (χ3v) is 6.41. The van der Waals surface area contributed by atoms with Gasteiger partial charge < -0.3 is 14.2 Å². The number of unbranched alkanes of at least 4 members (excludes halogenated alkanes) is 3. The van der Waals surface area contributed by atoms with Crippen molar-refractivity contribution in [3.8, 4) is 17.2 Å². The van der Waals surface area contributed by atoms with Crippen LogP contribution in [-0.4, -0.2) is 24.1 Å². The summed E-state index contributed by atoms with van der Waals surface area (Å²) < 4.78 is 18.5. The van der Waals surface area contributed by atoms with Crippen LogP contribution in [0.4, 0.5) is 0 Å². The standard InChI is InChI=1S/C33H48O4/c1-7-10-14-25(4)35-30-18-13-17-28(23-30)32(34)21-19-29-24-31(36-26(5)15-11-8-2)20-22-33(29)37-27(6)16-12-9-3/h13,17-27H,7-12,14-16H2,1-6H3/b21-19+. The van der Waals surface area contributed by atoms with E-state index in [1.807, 2.05) is 48.5 Å². The van der Waals surface area contributed by atoms with Crippen molar-refractivity contribution in [2.45, 2.75) is 118 Å². The Morgan fingerprint density at radius 3 is 1.84 bits per heavy atom. The van der Waals surface area contributed by atoms with Crippen molar-refractivity contribution in [2.75, 3.05) is 0 Å². The molecular formula is C33H48O4. The molecule has 0 heterocycles. The molecule has 0 aromatic heterocycles. The van der Waals surface area contributed by atoms with Gasteiger partial charge >= 0.3 is 0 Å². The van der Waals surface area contributed by atoms with E-state index in [9.17, 15) is 4.79 Å². The Morgan fingerprint density at radius 2 is 1.27 bits per heavy atom. The predicted octanol–water partition coefficient (Wildman–Crippen LogP) is 9.46. The SMILES string of the molecule is CCCCC(C)Oc1cccc(C(=O)/C=C/c2cc(OC(C)CCCC)ccc2OC(C)CCCC)c1. The van der Waals surface area contributed by atoms with Crippen LogP contribution in [0.3, 0.4) is 0 Å². The molecule has 0 radical (unpaired) electrons. The molecule has 0 N–H and O–H groups in total. The average Bonchev–Trinajstić information content (AvgIpc) is 2.89. The summed E-state index contributed by atoms with van der Waals surface area (Å²) in [6, 6.07) is 13.3. The number of ether oxygens (including phenoxy) is 3. The third-order valence-electron chi connectivity index (χ3n) is 6.41. The first-order chi connectivity index (χ1) is 17.9. The highest BCUT2D eigenvalue weighted by Gasteiger charge is 2.12. The van der Waals surface area contributed by atoms with Crippen LogP contribution in [0.25, 0.3) is 6.08 Å². The molecule has 4 heteroatoms. The summed E-state index contributed by atoms with van der Waals surface area (Å²) in [5.41, 5.74) is 1.45. The summed E-state index contributed by atoms with van der Waals surface area (Å²) in [5, 5.41) is 0. The summed E-state index contributed by atoms with van der Waals surface area (Å²) in [7, 11) is 0. The topological polar surface area (TPSA) is 44.8 Å². The van der Waals surface area contributed by atoms with Gasteiger partial charge in [-0.3, -0.25) is 4.79 Å². The molecule has 3 unspecified atom stereocenters. The molecule has 2 aromatic rings. The molecule has 0 saturated heterocycles. The molecule has 37 heavy (non-hydrogen) atoms. The monoisotopic (exact) mass is 508 g/mol. The fraction of sp³-hybridized carbons (Fsp3) is 0.545. The average molecular weight is 509 g/mol. The molecule has 0 aliphatic carbocycles. The smallest absolute Gasteiger partial charge is 0.185 e. The van der Waals surface area contributed by atoms with E-state index < -0.39 is 0 Å². The Morgan fingerprint density at radius 1 is 0.730 bits per heavy atom. The zero-order valence-electron chi connectivity index (χ0n) is 23.9. The normalized spacial score (nSPS) is 13.8. The number of ketones is 1. The molecular weight excluding hydrogens is 460 g/mol. The second-order valence-corrected chi connectivity index (χ2v) is 10.1. The van der Waals surface area contributed by atoms with E-state index >= 15 is 0 Å². The summed E-state index contributed by atoms with van der Waals surface area (Å²) in [4.78, 5) is 13.1. The van der Waals surface area contributed by atoms with Gasteiger partial charge in [0.05, 0.1) is 18.3 Å². The van der Waals surface area contributed by atoms with Gasteiger partial charge in [0.15, 0.2) is 5.78 Å². The van der Waals surface area contributed by atoms with Gasteiger partial charge in [0.2, 0.25) is 0 Å². The second-order valence-electron chi connectivity index (χ2n) is 10.1. The Bertz CT molecular complexity index is 965. The van der Waals surface area contributed by atoms with Crippen LogP contribution >= 0.6 is 0 Å². The van der Waals surface area contributed by atoms with Gasteiger partial charge in [-0.2, -0.15) is 0 Å². The summed E-state index contributed by atoms with van der Waals surface area (Å²) >= 11 is 0. The predicted molar refractivity (Wildman–Crippen MR) is 155 cm³/mol. The Balaban J connectivity index is 2.20. The number of rotatable bonds is 18. The van der Waals surface area contributed by atoms with Crippen LogP contribution in [0, 0.1) is 0 Å². The maximum atomic E-state index is 13.1. The molecule has 204 valence electrons. The van der Waals surface area contributed by atoms with Crippen LogP contribution in [-0.2, 0) is 0 Å². The highest BCUT2D eigenvalue weighted by atomic mass is 16.5. The highest BCUT2D eigenvalue weighted by molar-refractivity contribution is 6.07. The Kier molecular flexibility index (Phi) is 13.9. The number of hydrogen-bond acceptors (Lipinski definition) is 4. The zero-order valence-corrected chi connectivity index (χ0v) is 23.9. The summed E-state index contributed by atoms with van der Waals surface area (Å²) in [5.74, 6) is 2.22. The number of hydrogen-bond donors (Lipinski definition) is 0. The van der Waals surface area contributed by atoms with Gasteiger partial charge in [-0.05, 0) is 82.5 Å². The van der Waals surface area contributed by atoms with Crippen LogP contribution in [0.2, 0.25) is 0 Å². The van der Waals surface area contributed by atoms with Crippen molar-refractivity contribution in [1.82, 2.24) is 0 Å². The quantitative estimate of drug-likeness (QED) is 0.149. The lowest BCUT2D eigenvalue weighted by atomic mass is 10.1. The fourth-order valence-corrected chi connectivity index (χ4v) is 4.15. The summed E-state index contributed by atoms with van der Waals surface area (Å²) in [6.07, 6.45) is 13.6. The van der Waals surface area contributed by atoms with Gasteiger partial charge in [0.1, 0.15) is 17.2 Å². The number of allylic oxidation sites excluding steroid dienone is 1. The van der Waals surface area contributed by atoms with E-state index in [0.717, 1.165) is 80.6 Å². The van der Waals surface area contributed by atoms with Gasteiger partial charge in [-0.1, -0.05) is 71.4 Å². The van der Waals surface area contributed by atoms with Crippen molar-refractivity contribution in [3.05, 3.63) is 59.7 Å². The van der Waals surface area contributed by atoms with Crippen molar-refractivity contribution < 1.29 is 19.0 Å². The molecule has 0 bridgehead atoms. The van der Waals surface area contributed by atoms with Crippen molar-refractivity contribution in [2.24, 2.45) is 0 Å². The molecule has 0 fully saturated rings. The first-order valence-corrected chi connectivity index (χ1v) is 14.3. The van der Waals surface area contributed by atoms with Crippen molar-refractivity contribution in [3.63, 3.8) is 0 Å². The number of benzene rings is 2. The van der Waals surface area contributed by atoms with E-state index in [0.29, 0.717) is 5.56 Å². The van der Waals surface area contributed by atoms with Gasteiger partial charge in [0.25, 0.3) is 0 Å². The maximum Gasteiger partial charge on any atom is 0.185 e. The zero-order chi connectivity index (χ0) is 27.0. The van der Waals surface area contributed by atoms with Gasteiger partial charge in [-0.15, -0.1) is 0 Å². The maximum absolute atomic E-state index is 13.1. The van der Waals surface area contributed by atoms with Crippen LogP contribution in [0.1, 0.15) is 115 Å². The molecule has 3 atom stereocenters. The van der Waals surface area contributed by atoms with E-state index in [1.165, 1.54) is 0 Å². The van der Waals surface area contributed by atoms with Crippen molar-refractivity contribution in [1.29, 1.82) is 0 Å². The molecule has 0 spiro atoms.